The van der Waals surface area contributed by atoms with Gasteiger partial charge < -0.3 is 11.1 Å². The number of hydrogen-bond donors (Lipinski definition) is 4. The number of anilines is 1. The minimum atomic E-state index is -3.56. The number of nitrogens with two attached hydrogens (primary N) is 1. The van der Waals surface area contributed by atoms with Gasteiger partial charge in [-0.25, -0.2) is 13.2 Å². The Morgan fingerprint density at radius 1 is 1.42 bits per heavy atom. The Balaban J connectivity index is 3.27. The number of nitrogens with one attached hydrogen (secondary N) is 3. The molecule has 1 aromatic carbocycles. The van der Waals surface area contributed by atoms with Crippen molar-refractivity contribution in [3.8, 4) is 0 Å². The molecule has 0 fully saturated rings. The van der Waals surface area contributed by atoms with Crippen LogP contribution in [0.3, 0.4) is 0 Å². The van der Waals surface area contributed by atoms with E-state index >= 15 is 0 Å². The average Bonchev–Trinajstić information content (AvgIpc) is 2.18. The Morgan fingerprint density at radius 3 is 2.47 bits per heavy atom. The van der Waals surface area contributed by atoms with E-state index in [4.69, 9.17) is 22.7 Å². The van der Waals surface area contributed by atoms with Gasteiger partial charge in [0.05, 0.1) is 15.6 Å². The fourth-order valence-corrected chi connectivity index (χ4v) is 2.70. The molecule has 19 heavy (non-hydrogen) atoms. The smallest absolute Gasteiger partial charge is 0.326 e. The van der Waals surface area contributed by atoms with Crippen LogP contribution in [0.15, 0.2) is 17.0 Å². The van der Waals surface area contributed by atoms with Gasteiger partial charge in [-0.05, 0) is 24.6 Å². The van der Waals surface area contributed by atoms with Crippen LogP contribution in [0.25, 0.3) is 0 Å². The summed E-state index contributed by atoms with van der Waals surface area (Å²) in [5, 5.41) is 11.2. The first-order valence-corrected chi connectivity index (χ1v) is 7.30. The predicted octanol–water partition coefficient (Wildman–Crippen LogP) is 1.07. The minimum absolute atomic E-state index is 0.0477. The zero-order valence-corrected chi connectivity index (χ0v) is 11.8. The second-order valence-corrected chi connectivity index (χ2v) is 6.28. The fourth-order valence-electron chi connectivity index (χ4n) is 1.39. The molecule has 2 amide bonds. The van der Waals surface area contributed by atoms with Gasteiger partial charge in [0, 0.05) is 6.26 Å². The molecule has 1 rings (SSSR count). The molecule has 0 heterocycles. The van der Waals surface area contributed by atoms with Crippen molar-refractivity contribution in [3.05, 3.63) is 22.7 Å². The van der Waals surface area contributed by atoms with Crippen molar-refractivity contribution in [2.75, 3.05) is 11.6 Å². The van der Waals surface area contributed by atoms with Gasteiger partial charge in [-0.3, -0.25) is 10.7 Å². The number of rotatable bonds is 2. The Kier molecular flexibility index (Phi) is 4.38. The molecule has 0 aliphatic carbocycles. The average molecular weight is 305 g/mol. The second-order valence-electron chi connectivity index (χ2n) is 3.88. The summed E-state index contributed by atoms with van der Waals surface area (Å²) >= 11 is 5.93. The molecule has 0 saturated heterocycles. The monoisotopic (exact) mass is 304 g/mol. The minimum Gasteiger partial charge on any atom is -0.370 e. The van der Waals surface area contributed by atoms with Gasteiger partial charge in [0.25, 0.3) is 0 Å². The van der Waals surface area contributed by atoms with Gasteiger partial charge in [-0.15, -0.1) is 0 Å². The van der Waals surface area contributed by atoms with E-state index in [1.807, 2.05) is 5.32 Å². The number of carbonyl (C=O) groups is 1. The number of halogens is 1. The second kappa shape index (κ2) is 5.45. The van der Waals surface area contributed by atoms with E-state index in [0.29, 0.717) is 5.56 Å². The van der Waals surface area contributed by atoms with Crippen LogP contribution < -0.4 is 16.4 Å². The summed E-state index contributed by atoms with van der Waals surface area (Å²) in [6.07, 6.45) is 1.01. The van der Waals surface area contributed by atoms with Crippen molar-refractivity contribution < 1.29 is 13.2 Å². The summed E-state index contributed by atoms with van der Waals surface area (Å²) in [6.45, 7) is 1.68. The molecule has 0 aromatic heterocycles. The van der Waals surface area contributed by atoms with Crippen LogP contribution in [0, 0.1) is 12.3 Å². The molecule has 0 bridgehead atoms. The molecule has 0 spiro atoms. The highest BCUT2D eigenvalue weighted by molar-refractivity contribution is 7.90. The summed E-state index contributed by atoms with van der Waals surface area (Å²) in [6, 6.07) is 2.06. The largest absolute Gasteiger partial charge is 0.370 e. The van der Waals surface area contributed by atoms with Crippen LogP contribution in [-0.2, 0) is 9.84 Å². The molecule has 0 radical (unpaired) electrons. The van der Waals surface area contributed by atoms with Crippen LogP contribution in [0.5, 0.6) is 0 Å². The summed E-state index contributed by atoms with van der Waals surface area (Å²) in [5.74, 6) is -0.568. The number of urea groups is 1. The van der Waals surface area contributed by atoms with Crippen molar-refractivity contribution in [3.63, 3.8) is 0 Å². The maximum atomic E-state index is 11.7. The van der Waals surface area contributed by atoms with E-state index in [1.165, 1.54) is 12.1 Å². The number of carbonyl (C=O) groups excluding carboxylic acids is 1. The highest BCUT2D eigenvalue weighted by atomic mass is 35.5. The number of amides is 2. The highest BCUT2D eigenvalue weighted by Crippen LogP contribution is 2.31. The number of aryl methyl sites for hydroxylation is 1. The third-order valence-electron chi connectivity index (χ3n) is 2.08. The predicted molar refractivity (Wildman–Crippen MR) is 73.4 cm³/mol. The maximum absolute atomic E-state index is 11.7. The van der Waals surface area contributed by atoms with Crippen molar-refractivity contribution in [2.24, 2.45) is 5.73 Å². The first kappa shape index (κ1) is 15.3. The Labute approximate surface area is 115 Å². The summed E-state index contributed by atoms with van der Waals surface area (Å²) < 4.78 is 23.3. The van der Waals surface area contributed by atoms with Gasteiger partial charge in [0.1, 0.15) is 0 Å². The molecule has 0 unspecified atom stereocenters. The molecule has 0 aliphatic heterocycles. The van der Waals surface area contributed by atoms with Crippen molar-refractivity contribution >= 4 is 39.1 Å². The van der Waals surface area contributed by atoms with E-state index in [0.717, 1.165) is 6.26 Å². The molecular weight excluding hydrogens is 292 g/mol. The summed E-state index contributed by atoms with van der Waals surface area (Å²) in [7, 11) is -3.56. The fraction of sp³-hybridized carbons (Fsp3) is 0.200. The number of sulfone groups is 1. The molecule has 0 saturated carbocycles. The molecule has 0 aliphatic rings. The number of benzene rings is 1. The van der Waals surface area contributed by atoms with Crippen molar-refractivity contribution in [1.82, 2.24) is 5.32 Å². The first-order chi connectivity index (χ1) is 8.61. The van der Waals surface area contributed by atoms with E-state index in [-0.39, 0.29) is 15.6 Å². The summed E-state index contributed by atoms with van der Waals surface area (Å²) in [4.78, 5) is 11.3. The van der Waals surface area contributed by atoms with Gasteiger partial charge in [0.2, 0.25) is 0 Å². The lowest BCUT2D eigenvalue weighted by molar-refractivity contribution is 0.256. The Hall–Kier alpha value is -1.80. The van der Waals surface area contributed by atoms with E-state index in [9.17, 15) is 13.2 Å². The van der Waals surface area contributed by atoms with Gasteiger partial charge >= 0.3 is 6.03 Å². The van der Waals surface area contributed by atoms with Crippen LogP contribution >= 0.6 is 11.6 Å². The number of hydrogen-bond acceptors (Lipinski definition) is 4. The van der Waals surface area contributed by atoms with Crippen LogP contribution in [0.1, 0.15) is 5.56 Å². The molecule has 7 nitrogen and oxygen atoms in total. The SMILES string of the molecule is Cc1cc(Cl)c(NC(=O)NC(=N)N)c(S(C)(=O)=O)c1. The van der Waals surface area contributed by atoms with Crippen molar-refractivity contribution in [2.45, 2.75) is 11.8 Å². The maximum Gasteiger partial charge on any atom is 0.326 e. The quantitative estimate of drug-likeness (QED) is 0.481. The lowest BCUT2D eigenvalue weighted by atomic mass is 10.2. The van der Waals surface area contributed by atoms with Crippen LogP contribution in [-0.4, -0.2) is 26.7 Å². The van der Waals surface area contributed by atoms with Gasteiger partial charge in [-0.1, -0.05) is 11.6 Å². The molecule has 1 aromatic rings. The molecule has 0 atom stereocenters. The zero-order valence-electron chi connectivity index (χ0n) is 10.2. The highest BCUT2D eigenvalue weighted by Gasteiger charge is 2.19. The topological polar surface area (TPSA) is 125 Å². The third-order valence-corrected chi connectivity index (χ3v) is 3.50. The van der Waals surface area contributed by atoms with E-state index in [1.54, 1.807) is 6.92 Å². The zero-order chi connectivity index (χ0) is 14.8. The number of guanidine groups is 1. The van der Waals surface area contributed by atoms with E-state index < -0.39 is 21.8 Å². The molecule has 5 N–H and O–H groups in total. The lowest BCUT2D eigenvalue weighted by Gasteiger charge is -2.13. The van der Waals surface area contributed by atoms with Gasteiger partial charge in [-0.2, -0.15) is 0 Å². The summed E-state index contributed by atoms with van der Waals surface area (Å²) in [5.41, 5.74) is 5.59. The van der Waals surface area contributed by atoms with Crippen molar-refractivity contribution in [1.29, 1.82) is 5.41 Å². The first-order valence-electron chi connectivity index (χ1n) is 5.03. The van der Waals surface area contributed by atoms with Crippen LogP contribution in [0.2, 0.25) is 5.02 Å². The Bertz CT molecular complexity index is 642. The standard InChI is InChI=1S/C10H13ClN4O3S/c1-5-3-6(11)8(7(4-5)19(2,17)18)14-10(16)15-9(12)13/h3-4H,1-2H3,(H5,12,13,14,15,16). The molecular formula is C10H13ClN4O3S. The lowest BCUT2D eigenvalue weighted by Crippen LogP contribution is -2.39. The molecule has 104 valence electrons. The third kappa shape index (κ3) is 4.11. The molecule has 9 heteroatoms. The van der Waals surface area contributed by atoms with E-state index in [2.05, 4.69) is 5.32 Å². The van der Waals surface area contributed by atoms with Gasteiger partial charge in [0.15, 0.2) is 15.8 Å². The normalized spacial score (nSPS) is 10.9. The van der Waals surface area contributed by atoms with Crippen LogP contribution in [0.4, 0.5) is 10.5 Å². The Morgan fingerprint density at radius 2 is 2.00 bits per heavy atom.